The summed E-state index contributed by atoms with van der Waals surface area (Å²) < 4.78 is 5.24. The largest absolute Gasteiger partial charge is 0.481 e. The maximum atomic E-state index is 10.4. The number of carbonyl (C=O) groups is 1. The quantitative estimate of drug-likeness (QED) is 0.684. The molecule has 90 valence electrons. The average Bonchev–Trinajstić information content (AvgIpc) is 2.00. The molecule has 4 nitrogen and oxygen atoms in total. The number of carboxylic acid groups (broad SMARTS) is 1. The summed E-state index contributed by atoms with van der Waals surface area (Å²) >= 11 is 0. The number of ether oxygens (including phenoxy) is 1. The lowest BCUT2D eigenvalue weighted by Gasteiger charge is -2.26. The van der Waals surface area contributed by atoms with Crippen LogP contribution in [0.4, 0.5) is 0 Å². The lowest BCUT2D eigenvalue weighted by Crippen LogP contribution is -2.29. The first kappa shape index (κ1) is 14.4. The predicted molar refractivity (Wildman–Crippen MR) is 57.8 cm³/mol. The molecule has 0 bridgehead atoms. The van der Waals surface area contributed by atoms with E-state index >= 15 is 0 Å². The van der Waals surface area contributed by atoms with Crippen LogP contribution in [0.15, 0.2) is 0 Å². The molecule has 0 radical (unpaired) electrons. The summed E-state index contributed by atoms with van der Waals surface area (Å²) in [5.41, 5.74) is -1.32. The van der Waals surface area contributed by atoms with Gasteiger partial charge in [-0.25, -0.2) is 0 Å². The van der Waals surface area contributed by atoms with E-state index in [0.29, 0.717) is 6.42 Å². The van der Waals surface area contributed by atoms with Gasteiger partial charge >= 0.3 is 5.97 Å². The van der Waals surface area contributed by atoms with E-state index in [4.69, 9.17) is 9.84 Å². The fourth-order valence-electron chi connectivity index (χ4n) is 1.41. The number of rotatable bonds is 7. The summed E-state index contributed by atoms with van der Waals surface area (Å²) in [6, 6.07) is 0. The molecule has 0 aromatic heterocycles. The molecule has 2 N–H and O–H groups in total. The molecule has 0 aliphatic carbocycles. The monoisotopic (exact) mass is 218 g/mol. The van der Waals surface area contributed by atoms with E-state index in [0.717, 1.165) is 12.8 Å². The van der Waals surface area contributed by atoms with E-state index in [2.05, 4.69) is 0 Å². The second-order valence-electron chi connectivity index (χ2n) is 4.88. The van der Waals surface area contributed by atoms with E-state index in [9.17, 15) is 9.90 Å². The zero-order valence-corrected chi connectivity index (χ0v) is 10.0. The van der Waals surface area contributed by atoms with Crippen LogP contribution in [0.25, 0.3) is 0 Å². The second kappa shape index (κ2) is 5.47. The van der Waals surface area contributed by atoms with Gasteiger partial charge in [0.1, 0.15) is 0 Å². The maximum absolute atomic E-state index is 10.4. The standard InChI is InChI=1S/C11H22O4/c1-10(2,15-4)6-5-7-11(3,14)8-9(12)13/h14H,5-8H2,1-4H3,(H,12,13). The van der Waals surface area contributed by atoms with Crippen molar-refractivity contribution in [3.8, 4) is 0 Å². The van der Waals surface area contributed by atoms with Gasteiger partial charge in [0.05, 0.1) is 17.6 Å². The van der Waals surface area contributed by atoms with Crippen molar-refractivity contribution in [2.45, 2.75) is 57.7 Å². The van der Waals surface area contributed by atoms with Crippen molar-refractivity contribution in [1.29, 1.82) is 0 Å². The smallest absolute Gasteiger partial charge is 0.306 e. The van der Waals surface area contributed by atoms with Crippen molar-refractivity contribution >= 4 is 5.97 Å². The van der Waals surface area contributed by atoms with Gasteiger partial charge in [0.2, 0.25) is 0 Å². The SMILES string of the molecule is COC(C)(C)CCCC(C)(O)CC(=O)O. The van der Waals surface area contributed by atoms with Crippen LogP contribution >= 0.6 is 0 Å². The molecule has 1 atom stereocenters. The fourth-order valence-corrected chi connectivity index (χ4v) is 1.41. The molecule has 0 aromatic rings. The topological polar surface area (TPSA) is 66.8 Å². The summed E-state index contributed by atoms with van der Waals surface area (Å²) in [4.78, 5) is 10.4. The molecule has 4 heteroatoms. The Bertz CT molecular complexity index is 209. The van der Waals surface area contributed by atoms with Gasteiger partial charge in [0.25, 0.3) is 0 Å². The third-order valence-electron chi connectivity index (χ3n) is 2.58. The van der Waals surface area contributed by atoms with E-state index < -0.39 is 11.6 Å². The van der Waals surface area contributed by atoms with Crippen molar-refractivity contribution in [3.05, 3.63) is 0 Å². The lowest BCUT2D eigenvalue weighted by atomic mass is 9.92. The van der Waals surface area contributed by atoms with Gasteiger partial charge in [0.15, 0.2) is 0 Å². The van der Waals surface area contributed by atoms with Crippen molar-refractivity contribution < 1.29 is 19.7 Å². The summed E-state index contributed by atoms with van der Waals surface area (Å²) in [6.07, 6.45) is 1.83. The highest BCUT2D eigenvalue weighted by molar-refractivity contribution is 5.67. The minimum Gasteiger partial charge on any atom is -0.481 e. The molecule has 15 heavy (non-hydrogen) atoms. The Balaban J connectivity index is 3.89. The number of carboxylic acids is 1. The molecule has 0 aliphatic heterocycles. The minimum absolute atomic E-state index is 0.208. The molecule has 0 spiro atoms. The molecule has 0 rings (SSSR count). The third-order valence-corrected chi connectivity index (χ3v) is 2.58. The summed E-state index contributed by atoms with van der Waals surface area (Å²) in [5.74, 6) is -0.967. The van der Waals surface area contributed by atoms with E-state index in [1.165, 1.54) is 0 Å². The molecule has 0 saturated carbocycles. The Kier molecular flexibility index (Phi) is 5.24. The third kappa shape index (κ3) is 7.33. The summed E-state index contributed by atoms with van der Waals surface area (Å²) in [6.45, 7) is 5.50. The van der Waals surface area contributed by atoms with Gasteiger partial charge in [-0.15, -0.1) is 0 Å². The van der Waals surface area contributed by atoms with Crippen LogP contribution < -0.4 is 0 Å². The molecular weight excluding hydrogens is 196 g/mol. The van der Waals surface area contributed by atoms with E-state index in [1.54, 1.807) is 14.0 Å². The van der Waals surface area contributed by atoms with Gasteiger partial charge in [0, 0.05) is 7.11 Å². The summed E-state index contributed by atoms with van der Waals surface area (Å²) in [5, 5.41) is 18.3. The van der Waals surface area contributed by atoms with Crippen LogP contribution in [0.2, 0.25) is 0 Å². The Hall–Kier alpha value is -0.610. The van der Waals surface area contributed by atoms with Crippen LogP contribution in [0.1, 0.15) is 46.5 Å². The zero-order chi connectivity index (χ0) is 12.1. The van der Waals surface area contributed by atoms with Crippen LogP contribution in [-0.4, -0.2) is 34.5 Å². The van der Waals surface area contributed by atoms with Crippen LogP contribution in [-0.2, 0) is 9.53 Å². The molecule has 1 unspecified atom stereocenters. The number of aliphatic hydroxyl groups is 1. The first-order valence-electron chi connectivity index (χ1n) is 5.18. The van der Waals surface area contributed by atoms with Crippen LogP contribution in [0.3, 0.4) is 0 Å². The molecule has 0 fully saturated rings. The van der Waals surface area contributed by atoms with Gasteiger partial charge in [-0.05, 0) is 40.0 Å². The zero-order valence-electron chi connectivity index (χ0n) is 10.0. The normalized spacial score (nSPS) is 16.1. The Morgan fingerprint density at radius 3 is 2.20 bits per heavy atom. The number of methoxy groups -OCH3 is 1. The lowest BCUT2D eigenvalue weighted by molar-refractivity contribution is -0.142. The fraction of sp³-hybridized carbons (Fsp3) is 0.909. The molecule has 0 saturated heterocycles. The van der Waals surface area contributed by atoms with Gasteiger partial charge < -0.3 is 14.9 Å². The summed E-state index contributed by atoms with van der Waals surface area (Å²) in [7, 11) is 1.65. The average molecular weight is 218 g/mol. The molecular formula is C11H22O4. The highest BCUT2D eigenvalue weighted by Gasteiger charge is 2.25. The van der Waals surface area contributed by atoms with Crippen LogP contribution in [0, 0.1) is 0 Å². The van der Waals surface area contributed by atoms with E-state index in [1.807, 2.05) is 13.8 Å². The van der Waals surface area contributed by atoms with Gasteiger partial charge in [-0.3, -0.25) is 4.79 Å². The second-order valence-corrected chi connectivity index (χ2v) is 4.88. The van der Waals surface area contributed by atoms with Crippen molar-refractivity contribution in [1.82, 2.24) is 0 Å². The Labute approximate surface area is 91.3 Å². The Morgan fingerprint density at radius 2 is 1.80 bits per heavy atom. The molecule has 0 heterocycles. The van der Waals surface area contributed by atoms with Crippen molar-refractivity contribution in [3.63, 3.8) is 0 Å². The minimum atomic E-state index is -1.12. The predicted octanol–water partition coefficient (Wildman–Crippen LogP) is 1.81. The maximum Gasteiger partial charge on any atom is 0.306 e. The van der Waals surface area contributed by atoms with Gasteiger partial charge in [-0.2, -0.15) is 0 Å². The Morgan fingerprint density at radius 1 is 1.27 bits per heavy atom. The number of hydrogen-bond acceptors (Lipinski definition) is 3. The van der Waals surface area contributed by atoms with E-state index in [-0.39, 0.29) is 12.0 Å². The molecule has 0 aliphatic rings. The van der Waals surface area contributed by atoms with Crippen molar-refractivity contribution in [2.24, 2.45) is 0 Å². The van der Waals surface area contributed by atoms with Crippen molar-refractivity contribution in [2.75, 3.05) is 7.11 Å². The number of aliphatic carboxylic acids is 1. The highest BCUT2D eigenvalue weighted by atomic mass is 16.5. The van der Waals surface area contributed by atoms with Crippen LogP contribution in [0.5, 0.6) is 0 Å². The molecule has 0 aromatic carbocycles. The first-order chi connectivity index (χ1) is 6.68. The van der Waals surface area contributed by atoms with Gasteiger partial charge in [-0.1, -0.05) is 0 Å². The first-order valence-corrected chi connectivity index (χ1v) is 5.18. The highest BCUT2D eigenvalue weighted by Crippen LogP contribution is 2.22. The number of hydrogen-bond donors (Lipinski definition) is 2. The molecule has 0 amide bonds.